The van der Waals surface area contributed by atoms with Gasteiger partial charge < -0.3 is 9.15 Å². The molecule has 0 amide bonds. The van der Waals surface area contributed by atoms with Crippen LogP contribution in [-0.2, 0) is 18.2 Å². The van der Waals surface area contributed by atoms with Gasteiger partial charge in [0.15, 0.2) is 0 Å². The number of rotatable bonds is 5. The van der Waals surface area contributed by atoms with Crippen LogP contribution in [0.5, 0.6) is 0 Å². The number of nitrogens with zero attached hydrogens (tertiary/aromatic N) is 3. The lowest BCUT2D eigenvalue weighted by Crippen LogP contribution is -2.08. The maximum absolute atomic E-state index is 11.9. The molecule has 6 nitrogen and oxygen atoms in total. The Bertz CT molecular complexity index is 599. The van der Waals surface area contributed by atoms with E-state index in [4.69, 9.17) is 9.15 Å². The standard InChI is InChI=1S/C14H19N3O3/c1-5-19-14(18)12-10(8-9(2)3)16-13(20-12)11-6-7-15-17(11)4/h6-7,9H,5,8H2,1-4H3. The number of carbonyl (C=O) groups is 1. The van der Waals surface area contributed by atoms with E-state index in [-0.39, 0.29) is 5.76 Å². The van der Waals surface area contributed by atoms with E-state index in [2.05, 4.69) is 23.9 Å². The predicted octanol–water partition coefficient (Wildman–Crippen LogP) is 2.45. The van der Waals surface area contributed by atoms with Crippen molar-refractivity contribution in [3.8, 4) is 11.6 Å². The van der Waals surface area contributed by atoms with E-state index in [1.54, 1.807) is 30.9 Å². The molecule has 0 N–H and O–H groups in total. The fourth-order valence-electron chi connectivity index (χ4n) is 1.93. The summed E-state index contributed by atoms with van der Waals surface area (Å²) in [5.74, 6) is 0.484. The highest BCUT2D eigenvalue weighted by atomic mass is 16.5. The number of aromatic nitrogens is 3. The summed E-state index contributed by atoms with van der Waals surface area (Å²) in [5, 5.41) is 4.07. The Morgan fingerprint density at radius 2 is 2.25 bits per heavy atom. The number of carbonyl (C=O) groups excluding carboxylic acids is 1. The number of aryl methyl sites for hydroxylation is 1. The van der Waals surface area contributed by atoms with Gasteiger partial charge in [-0.25, -0.2) is 9.78 Å². The second-order valence-electron chi connectivity index (χ2n) is 4.95. The van der Waals surface area contributed by atoms with Gasteiger partial charge in [0.25, 0.3) is 0 Å². The molecule has 0 spiro atoms. The Morgan fingerprint density at radius 3 is 2.80 bits per heavy atom. The molecule has 0 aliphatic heterocycles. The van der Waals surface area contributed by atoms with Crippen molar-refractivity contribution < 1.29 is 13.9 Å². The summed E-state index contributed by atoms with van der Waals surface area (Å²) in [7, 11) is 1.80. The van der Waals surface area contributed by atoms with E-state index in [0.717, 1.165) is 5.69 Å². The molecule has 20 heavy (non-hydrogen) atoms. The van der Waals surface area contributed by atoms with E-state index in [9.17, 15) is 4.79 Å². The van der Waals surface area contributed by atoms with Gasteiger partial charge in [0, 0.05) is 13.2 Å². The minimum absolute atomic E-state index is 0.191. The Labute approximate surface area is 117 Å². The van der Waals surface area contributed by atoms with Gasteiger partial charge in [-0.05, 0) is 25.3 Å². The number of hydrogen-bond acceptors (Lipinski definition) is 5. The molecule has 2 rings (SSSR count). The average Bonchev–Trinajstić information content (AvgIpc) is 2.95. The minimum Gasteiger partial charge on any atom is -0.460 e. The Morgan fingerprint density at radius 1 is 1.50 bits per heavy atom. The molecule has 6 heteroatoms. The van der Waals surface area contributed by atoms with Crippen LogP contribution in [0.3, 0.4) is 0 Å². The summed E-state index contributed by atoms with van der Waals surface area (Å²) in [6.07, 6.45) is 2.32. The Kier molecular flexibility index (Phi) is 4.22. The smallest absolute Gasteiger partial charge is 0.376 e. The van der Waals surface area contributed by atoms with Gasteiger partial charge in [0.05, 0.1) is 12.3 Å². The van der Waals surface area contributed by atoms with Gasteiger partial charge in [0.1, 0.15) is 5.69 Å². The molecule has 2 aromatic rings. The average molecular weight is 277 g/mol. The van der Waals surface area contributed by atoms with Crippen molar-refractivity contribution in [3.05, 3.63) is 23.7 Å². The quantitative estimate of drug-likeness (QED) is 0.785. The zero-order valence-electron chi connectivity index (χ0n) is 12.2. The second-order valence-corrected chi connectivity index (χ2v) is 4.95. The van der Waals surface area contributed by atoms with Gasteiger partial charge in [-0.15, -0.1) is 0 Å². The van der Waals surface area contributed by atoms with Crippen molar-refractivity contribution in [1.29, 1.82) is 0 Å². The molecule has 0 bridgehead atoms. The summed E-state index contributed by atoms with van der Waals surface area (Å²) < 4.78 is 12.3. The van der Waals surface area contributed by atoms with Crippen LogP contribution >= 0.6 is 0 Å². The molecule has 2 heterocycles. The fraction of sp³-hybridized carbons (Fsp3) is 0.500. The fourth-order valence-corrected chi connectivity index (χ4v) is 1.93. The van der Waals surface area contributed by atoms with Gasteiger partial charge in [0.2, 0.25) is 11.7 Å². The SMILES string of the molecule is CCOC(=O)c1oc(-c2ccnn2C)nc1CC(C)C. The lowest BCUT2D eigenvalue weighted by molar-refractivity contribution is 0.0489. The summed E-state index contributed by atoms with van der Waals surface area (Å²) in [6.45, 7) is 6.20. The summed E-state index contributed by atoms with van der Waals surface area (Å²) in [6, 6.07) is 1.79. The van der Waals surface area contributed by atoms with Crippen LogP contribution in [0.4, 0.5) is 0 Å². The molecule has 0 atom stereocenters. The van der Waals surface area contributed by atoms with Crippen LogP contribution in [0.25, 0.3) is 11.6 Å². The van der Waals surface area contributed by atoms with E-state index in [1.165, 1.54) is 0 Å². The largest absolute Gasteiger partial charge is 0.460 e. The van der Waals surface area contributed by atoms with Crippen molar-refractivity contribution in [1.82, 2.24) is 14.8 Å². The van der Waals surface area contributed by atoms with Crippen LogP contribution < -0.4 is 0 Å². The number of hydrogen-bond donors (Lipinski definition) is 0. The predicted molar refractivity (Wildman–Crippen MR) is 73.2 cm³/mol. The van der Waals surface area contributed by atoms with E-state index in [0.29, 0.717) is 30.5 Å². The lowest BCUT2D eigenvalue weighted by atomic mass is 10.1. The third-order valence-electron chi connectivity index (χ3n) is 2.80. The molecule has 0 aromatic carbocycles. The molecule has 0 radical (unpaired) electrons. The van der Waals surface area contributed by atoms with Gasteiger partial charge in [-0.1, -0.05) is 13.8 Å². The van der Waals surface area contributed by atoms with Crippen LogP contribution in [-0.4, -0.2) is 27.3 Å². The lowest BCUT2D eigenvalue weighted by Gasteiger charge is -2.02. The highest BCUT2D eigenvalue weighted by Gasteiger charge is 2.23. The maximum atomic E-state index is 11.9. The molecular formula is C14H19N3O3. The van der Waals surface area contributed by atoms with Crippen LogP contribution in [0.15, 0.2) is 16.7 Å². The topological polar surface area (TPSA) is 70.2 Å². The molecule has 0 unspecified atom stereocenters. The van der Waals surface area contributed by atoms with Gasteiger partial charge in [-0.3, -0.25) is 4.68 Å². The van der Waals surface area contributed by atoms with Crippen LogP contribution in [0.2, 0.25) is 0 Å². The van der Waals surface area contributed by atoms with Crippen molar-refractivity contribution in [3.63, 3.8) is 0 Å². The first-order valence-electron chi connectivity index (χ1n) is 6.68. The first-order valence-corrected chi connectivity index (χ1v) is 6.68. The first kappa shape index (κ1) is 14.3. The van der Waals surface area contributed by atoms with E-state index in [1.807, 2.05) is 0 Å². The molecule has 0 saturated carbocycles. The normalized spacial score (nSPS) is 11.1. The number of esters is 1. The van der Waals surface area contributed by atoms with Crippen molar-refractivity contribution in [2.75, 3.05) is 6.61 Å². The van der Waals surface area contributed by atoms with Crippen molar-refractivity contribution in [2.24, 2.45) is 13.0 Å². The minimum atomic E-state index is -0.468. The summed E-state index contributed by atoms with van der Waals surface area (Å²) >= 11 is 0. The van der Waals surface area contributed by atoms with Gasteiger partial charge >= 0.3 is 5.97 Å². The monoisotopic (exact) mass is 277 g/mol. The van der Waals surface area contributed by atoms with E-state index < -0.39 is 5.97 Å². The highest BCUT2D eigenvalue weighted by molar-refractivity contribution is 5.88. The number of oxazole rings is 1. The molecule has 2 aromatic heterocycles. The van der Waals surface area contributed by atoms with Gasteiger partial charge in [-0.2, -0.15) is 5.10 Å². The van der Waals surface area contributed by atoms with Crippen LogP contribution in [0, 0.1) is 5.92 Å². The molecule has 0 saturated heterocycles. The summed E-state index contributed by atoms with van der Waals surface area (Å²) in [4.78, 5) is 16.4. The molecule has 0 aliphatic carbocycles. The number of ether oxygens (including phenoxy) is 1. The Hall–Kier alpha value is -2.11. The van der Waals surface area contributed by atoms with E-state index >= 15 is 0 Å². The summed E-state index contributed by atoms with van der Waals surface area (Å²) in [5.41, 5.74) is 1.36. The Balaban J connectivity index is 2.41. The third-order valence-corrected chi connectivity index (χ3v) is 2.80. The maximum Gasteiger partial charge on any atom is 0.376 e. The molecule has 0 fully saturated rings. The molecule has 108 valence electrons. The van der Waals surface area contributed by atoms with Crippen molar-refractivity contribution >= 4 is 5.97 Å². The highest BCUT2D eigenvalue weighted by Crippen LogP contribution is 2.23. The van der Waals surface area contributed by atoms with Crippen LogP contribution in [0.1, 0.15) is 37.0 Å². The first-order chi connectivity index (χ1) is 9.52. The molecular weight excluding hydrogens is 258 g/mol. The third kappa shape index (κ3) is 2.89. The zero-order chi connectivity index (χ0) is 14.7. The second kappa shape index (κ2) is 5.90. The van der Waals surface area contributed by atoms with Crippen molar-refractivity contribution in [2.45, 2.75) is 27.2 Å². The molecule has 0 aliphatic rings. The zero-order valence-corrected chi connectivity index (χ0v) is 12.2.